The summed E-state index contributed by atoms with van der Waals surface area (Å²) in [6.45, 7) is 4.32. The van der Waals surface area contributed by atoms with Gasteiger partial charge in [-0.25, -0.2) is 14.3 Å². The van der Waals surface area contributed by atoms with Gasteiger partial charge in [0.25, 0.3) is 11.1 Å². The molecule has 2 aromatic heterocycles. The average Bonchev–Trinajstić information content (AvgIpc) is 3.20. The van der Waals surface area contributed by atoms with E-state index < -0.39 is 0 Å². The van der Waals surface area contributed by atoms with E-state index in [1.165, 1.54) is 9.36 Å². The van der Waals surface area contributed by atoms with E-state index in [1.54, 1.807) is 7.05 Å². The monoisotopic (exact) mass is 432 g/mol. The van der Waals surface area contributed by atoms with Crippen molar-refractivity contribution in [2.75, 3.05) is 18.0 Å². The molecule has 0 saturated carbocycles. The zero-order valence-electron chi connectivity index (χ0n) is 18.5. The molecular weight excluding hydrogens is 404 g/mol. The fourth-order valence-electron chi connectivity index (χ4n) is 4.83. The van der Waals surface area contributed by atoms with Crippen molar-refractivity contribution in [1.29, 1.82) is 0 Å². The van der Waals surface area contributed by atoms with Crippen LogP contribution in [0.5, 0.6) is 0 Å². The van der Waals surface area contributed by atoms with Gasteiger partial charge >= 0.3 is 0 Å². The number of hydrogen-bond donors (Lipinski definition) is 1. The number of rotatable bonds is 4. The molecule has 0 radical (unpaired) electrons. The first kappa shape index (κ1) is 20.5. The second-order valence-corrected chi connectivity index (χ2v) is 8.53. The Kier molecular flexibility index (Phi) is 5.09. The van der Waals surface area contributed by atoms with Crippen LogP contribution in [-0.4, -0.2) is 38.0 Å². The molecule has 1 aliphatic rings. The summed E-state index contributed by atoms with van der Waals surface area (Å²) < 4.78 is 4.79. The number of imidazole rings is 1. The van der Waals surface area contributed by atoms with Gasteiger partial charge in [0, 0.05) is 32.7 Å². The molecule has 0 aliphatic carbocycles. The van der Waals surface area contributed by atoms with E-state index >= 15 is 0 Å². The van der Waals surface area contributed by atoms with E-state index in [0.29, 0.717) is 31.1 Å². The highest BCUT2D eigenvalue weighted by atomic mass is 16.2. The summed E-state index contributed by atoms with van der Waals surface area (Å²) in [7, 11) is 1.63. The minimum Gasteiger partial charge on any atom is -0.341 e. The molecule has 2 aromatic carbocycles. The minimum atomic E-state index is -0.269. The minimum absolute atomic E-state index is 0.0692. The van der Waals surface area contributed by atoms with Crippen molar-refractivity contribution in [3.63, 3.8) is 0 Å². The van der Waals surface area contributed by atoms with Gasteiger partial charge in [-0.3, -0.25) is 9.59 Å². The van der Waals surface area contributed by atoms with Gasteiger partial charge < -0.3 is 15.2 Å². The van der Waals surface area contributed by atoms with Crippen molar-refractivity contribution < 1.29 is 0 Å². The summed E-state index contributed by atoms with van der Waals surface area (Å²) in [5, 5.41) is 2.17. The van der Waals surface area contributed by atoms with E-state index in [-0.39, 0.29) is 22.7 Å². The van der Waals surface area contributed by atoms with Crippen LogP contribution in [0.1, 0.15) is 25.3 Å². The molecule has 1 aliphatic heterocycles. The number of hydrogen-bond acceptors (Lipinski definition) is 5. The van der Waals surface area contributed by atoms with Gasteiger partial charge in [-0.1, -0.05) is 42.5 Å². The van der Waals surface area contributed by atoms with E-state index in [1.807, 2.05) is 54.0 Å². The normalized spacial score (nSPS) is 16.8. The van der Waals surface area contributed by atoms with Crippen LogP contribution in [0.4, 0.5) is 5.95 Å². The molecule has 2 N–H and O–H groups in total. The fourth-order valence-corrected chi connectivity index (χ4v) is 4.83. The van der Waals surface area contributed by atoms with E-state index in [2.05, 4.69) is 9.88 Å². The molecule has 0 amide bonds. The predicted octanol–water partition coefficient (Wildman–Crippen LogP) is 2.05. The van der Waals surface area contributed by atoms with Gasteiger partial charge in [-0.2, -0.15) is 0 Å². The summed E-state index contributed by atoms with van der Waals surface area (Å²) >= 11 is 0. The number of benzene rings is 2. The van der Waals surface area contributed by atoms with Crippen molar-refractivity contribution in [2.45, 2.75) is 38.9 Å². The van der Waals surface area contributed by atoms with E-state index in [9.17, 15) is 9.59 Å². The average molecular weight is 433 g/mol. The number of nitrogens with zero attached hydrogens (tertiary/aromatic N) is 5. The number of aromatic nitrogens is 4. The Hall–Kier alpha value is -3.39. The number of fused-ring (bicyclic) bond motifs is 2. The Morgan fingerprint density at radius 2 is 1.88 bits per heavy atom. The lowest BCUT2D eigenvalue weighted by Gasteiger charge is -2.31. The maximum absolute atomic E-state index is 13.7. The summed E-state index contributed by atoms with van der Waals surface area (Å²) in [5.74, 6) is 0.662. The van der Waals surface area contributed by atoms with Crippen LogP contribution in [0.25, 0.3) is 21.8 Å². The van der Waals surface area contributed by atoms with Crippen molar-refractivity contribution in [3.8, 4) is 0 Å². The lowest BCUT2D eigenvalue weighted by molar-refractivity contribution is 0.493. The zero-order valence-corrected chi connectivity index (χ0v) is 18.5. The largest absolute Gasteiger partial charge is 0.341 e. The Labute approximate surface area is 185 Å². The van der Waals surface area contributed by atoms with Crippen molar-refractivity contribution in [3.05, 3.63) is 68.7 Å². The van der Waals surface area contributed by atoms with Crippen molar-refractivity contribution >= 4 is 27.8 Å². The lowest BCUT2D eigenvalue weighted by Crippen LogP contribution is -2.44. The van der Waals surface area contributed by atoms with Crippen LogP contribution in [0.3, 0.4) is 0 Å². The molecule has 3 heterocycles. The molecule has 1 fully saturated rings. The molecule has 32 heavy (non-hydrogen) atoms. The van der Waals surface area contributed by atoms with Gasteiger partial charge in [-0.15, -0.1) is 0 Å². The quantitative estimate of drug-likeness (QED) is 0.533. The second-order valence-electron chi connectivity index (χ2n) is 8.53. The highest BCUT2D eigenvalue weighted by Crippen LogP contribution is 2.23. The summed E-state index contributed by atoms with van der Waals surface area (Å²) in [6.07, 6.45) is 1.94. The van der Waals surface area contributed by atoms with Gasteiger partial charge in [0.15, 0.2) is 5.52 Å². The van der Waals surface area contributed by atoms with Gasteiger partial charge in [-0.05, 0) is 36.1 Å². The van der Waals surface area contributed by atoms with Crippen LogP contribution >= 0.6 is 0 Å². The SMILES string of the molecule is CCn1c(N2CCC[C@@H](N)C2)nc2c(=O)n(C)n(Cc3cccc4ccccc34)c(=O)c21. The molecule has 1 atom stereocenters. The molecular formula is C24H28N6O2. The summed E-state index contributed by atoms with van der Waals surface area (Å²) in [6, 6.07) is 14.2. The van der Waals surface area contributed by atoms with E-state index in [0.717, 1.165) is 35.7 Å². The van der Waals surface area contributed by atoms with Crippen LogP contribution in [-0.2, 0) is 20.1 Å². The first-order valence-corrected chi connectivity index (χ1v) is 11.2. The van der Waals surface area contributed by atoms with Crippen molar-refractivity contribution in [1.82, 2.24) is 18.9 Å². The molecule has 0 unspecified atom stereocenters. The first-order valence-electron chi connectivity index (χ1n) is 11.2. The summed E-state index contributed by atoms with van der Waals surface area (Å²) in [5.41, 5.74) is 7.28. The summed E-state index contributed by atoms with van der Waals surface area (Å²) in [4.78, 5) is 33.7. The topological polar surface area (TPSA) is 91.1 Å². The zero-order chi connectivity index (χ0) is 22.4. The highest BCUT2D eigenvalue weighted by Gasteiger charge is 2.26. The molecule has 8 heteroatoms. The number of nitrogens with two attached hydrogens (primary N) is 1. The van der Waals surface area contributed by atoms with Gasteiger partial charge in [0.2, 0.25) is 5.95 Å². The van der Waals surface area contributed by atoms with E-state index in [4.69, 9.17) is 5.73 Å². The first-order chi connectivity index (χ1) is 15.5. The molecule has 8 nitrogen and oxygen atoms in total. The predicted molar refractivity (Wildman–Crippen MR) is 127 cm³/mol. The van der Waals surface area contributed by atoms with Crippen LogP contribution < -0.4 is 21.8 Å². The maximum Gasteiger partial charge on any atom is 0.293 e. The fraction of sp³-hybridized carbons (Fsp3) is 0.375. The lowest BCUT2D eigenvalue weighted by atomic mass is 10.0. The van der Waals surface area contributed by atoms with Crippen LogP contribution in [0.2, 0.25) is 0 Å². The third-order valence-corrected chi connectivity index (χ3v) is 6.50. The molecule has 4 aromatic rings. The number of anilines is 1. The Morgan fingerprint density at radius 3 is 2.66 bits per heavy atom. The van der Waals surface area contributed by atoms with Crippen molar-refractivity contribution in [2.24, 2.45) is 12.8 Å². The molecule has 0 spiro atoms. The van der Waals surface area contributed by atoms with Crippen LogP contribution in [0.15, 0.2) is 52.1 Å². The second kappa shape index (κ2) is 7.94. The highest BCUT2D eigenvalue weighted by molar-refractivity contribution is 5.85. The third kappa shape index (κ3) is 3.22. The Morgan fingerprint density at radius 1 is 1.09 bits per heavy atom. The van der Waals surface area contributed by atoms with Gasteiger partial charge in [0.1, 0.15) is 5.52 Å². The smallest absolute Gasteiger partial charge is 0.293 e. The standard InChI is InChI=1S/C24H28N6O2/c1-3-29-21-20(26-24(29)28-13-7-11-18(25)15-28)22(31)27(2)30(23(21)32)14-17-10-6-9-16-8-4-5-12-19(16)17/h4-6,8-10,12,18H,3,7,11,13-15,25H2,1-2H3/t18-/m1/s1. The molecule has 166 valence electrons. The maximum atomic E-state index is 13.7. The molecule has 0 bridgehead atoms. The number of piperidine rings is 1. The van der Waals surface area contributed by atoms with Gasteiger partial charge in [0.05, 0.1) is 6.54 Å². The Bertz CT molecular complexity index is 1430. The molecule has 5 rings (SSSR count). The van der Waals surface area contributed by atoms with Crippen LogP contribution in [0, 0.1) is 0 Å². The Balaban J connectivity index is 1.69. The molecule has 1 saturated heterocycles. The third-order valence-electron chi connectivity index (χ3n) is 6.50. The number of aryl methyl sites for hydroxylation is 1.